The maximum atomic E-state index is 12.3. The Bertz CT molecular complexity index is 910. The van der Waals surface area contributed by atoms with E-state index in [-0.39, 0.29) is 18.2 Å². The van der Waals surface area contributed by atoms with Gasteiger partial charge in [0.15, 0.2) is 0 Å². The Morgan fingerprint density at radius 3 is 2.32 bits per heavy atom. The first-order valence-corrected chi connectivity index (χ1v) is 8.21. The number of furan rings is 1. The first-order valence-electron chi connectivity index (χ1n) is 8.21. The second kappa shape index (κ2) is 7.21. The van der Waals surface area contributed by atoms with E-state index in [1.165, 1.54) is 12.5 Å². The number of nitrogens with one attached hydrogen (secondary N) is 2. The summed E-state index contributed by atoms with van der Waals surface area (Å²) in [5.41, 5.74) is 4.25. The van der Waals surface area contributed by atoms with Crippen molar-refractivity contribution < 1.29 is 14.0 Å². The van der Waals surface area contributed by atoms with Crippen LogP contribution in [0, 0.1) is 0 Å². The predicted octanol–water partition coefficient (Wildman–Crippen LogP) is 4.13. The van der Waals surface area contributed by atoms with Gasteiger partial charge in [0.1, 0.15) is 5.58 Å². The Morgan fingerprint density at radius 1 is 1.00 bits per heavy atom. The second-order valence-corrected chi connectivity index (χ2v) is 5.93. The summed E-state index contributed by atoms with van der Waals surface area (Å²) < 4.78 is 5.58. The summed E-state index contributed by atoms with van der Waals surface area (Å²) in [4.78, 5) is 23.3. The van der Waals surface area contributed by atoms with Crippen LogP contribution < -0.4 is 10.6 Å². The summed E-state index contributed by atoms with van der Waals surface area (Å²) in [6.45, 7) is 3.55. The highest BCUT2D eigenvalue weighted by Crippen LogP contribution is 2.23. The standard InChI is InChI=1S/C20H20N2O3/c1-3-14-4-9-18-15(12-25-19(18)10-14)11-20(24)22-17-7-5-16(6-8-17)21-13(2)23/h4-10,12H,3,11H2,1-2H3,(H,21,23)(H,22,24). The lowest BCUT2D eigenvalue weighted by Crippen LogP contribution is -2.14. The monoisotopic (exact) mass is 336 g/mol. The summed E-state index contributed by atoms with van der Waals surface area (Å²) in [6.07, 6.45) is 2.83. The van der Waals surface area contributed by atoms with Gasteiger partial charge in [0, 0.05) is 29.2 Å². The molecule has 3 rings (SSSR count). The number of aryl methyl sites for hydroxylation is 1. The minimum atomic E-state index is -0.130. The van der Waals surface area contributed by atoms with E-state index in [1.807, 2.05) is 12.1 Å². The van der Waals surface area contributed by atoms with Gasteiger partial charge in [-0.25, -0.2) is 0 Å². The summed E-state index contributed by atoms with van der Waals surface area (Å²) in [6, 6.07) is 13.1. The molecule has 0 aliphatic heterocycles. The average Bonchev–Trinajstić information content (AvgIpc) is 2.98. The number of hydrogen-bond acceptors (Lipinski definition) is 3. The van der Waals surface area contributed by atoms with Crippen molar-refractivity contribution in [2.24, 2.45) is 0 Å². The van der Waals surface area contributed by atoms with Crippen LogP contribution in [0.25, 0.3) is 11.0 Å². The average molecular weight is 336 g/mol. The number of carbonyl (C=O) groups excluding carboxylic acids is 2. The number of fused-ring (bicyclic) bond motifs is 1. The quantitative estimate of drug-likeness (QED) is 0.736. The molecule has 5 nitrogen and oxygen atoms in total. The highest BCUT2D eigenvalue weighted by molar-refractivity contribution is 5.96. The van der Waals surface area contributed by atoms with Gasteiger partial charge in [-0.15, -0.1) is 0 Å². The van der Waals surface area contributed by atoms with Crippen LogP contribution in [0.15, 0.2) is 53.1 Å². The molecule has 2 N–H and O–H groups in total. The van der Waals surface area contributed by atoms with E-state index < -0.39 is 0 Å². The lowest BCUT2D eigenvalue weighted by atomic mass is 10.1. The number of benzene rings is 2. The Hall–Kier alpha value is -3.08. The zero-order valence-corrected chi connectivity index (χ0v) is 14.3. The molecule has 0 fully saturated rings. The molecule has 0 radical (unpaired) electrons. The first-order chi connectivity index (χ1) is 12.0. The molecular formula is C20H20N2O3. The minimum Gasteiger partial charge on any atom is -0.464 e. The molecule has 2 amide bonds. The lowest BCUT2D eigenvalue weighted by molar-refractivity contribution is -0.116. The van der Waals surface area contributed by atoms with Crippen LogP contribution in [-0.2, 0) is 22.4 Å². The third kappa shape index (κ3) is 4.07. The van der Waals surface area contributed by atoms with Crippen molar-refractivity contribution in [3.63, 3.8) is 0 Å². The number of rotatable bonds is 5. The van der Waals surface area contributed by atoms with E-state index in [0.717, 1.165) is 23.0 Å². The highest BCUT2D eigenvalue weighted by atomic mass is 16.3. The summed E-state index contributed by atoms with van der Waals surface area (Å²) >= 11 is 0. The molecule has 1 heterocycles. The van der Waals surface area contributed by atoms with Crippen molar-refractivity contribution in [1.82, 2.24) is 0 Å². The van der Waals surface area contributed by atoms with Gasteiger partial charge < -0.3 is 15.1 Å². The van der Waals surface area contributed by atoms with Gasteiger partial charge >= 0.3 is 0 Å². The Kier molecular flexibility index (Phi) is 4.84. The smallest absolute Gasteiger partial charge is 0.228 e. The van der Waals surface area contributed by atoms with E-state index in [2.05, 4.69) is 23.6 Å². The maximum absolute atomic E-state index is 12.3. The molecule has 0 aliphatic rings. The molecule has 0 unspecified atom stereocenters. The zero-order valence-electron chi connectivity index (χ0n) is 14.3. The van der Waals surface area contributed by atoms with Gasteiger partial charge in [-0.05, 0) is 42.3 Å². The van der Waals surface area contributed by atoms with E-state index >= 15 is 0 Å². The molecule has 0 saturated carbocycles. The molecule has 0 saturated heterocycles. The molecule has 0 spiro atoms. The summed E-state index contributed by atoms with van der Waals surface area (Å²) in [5, 5.41) is 6.51. The van der Waals surface area contributed by atoms with Crippen LogP contribution >= 0.6 is 0 Å². The van der Waals surface area contributed by atoms with Gasteiger partial charge in [0.2, 0.25) is 11.8 Å². The van der Waals surface area contributed by atoms with E-state index in [9.17, 15) is 9.59 Å². The molecule has 1 aromatic heterocycles. The molecule has 25 heavy (non-hydrogen) atoms. The normalized spacial score (nSPS) is 10.6. The molecule has 2 aromatic carbocycles. The van der Waals surface area contributed by atoms with Crippen molar-refractivity contribution in [1.29, 1.82) is 0 Å². The van der Waals surface area contributed by atoms with Crippen molar-refractivity contribution >= 4 is 34.2 Å². The van der Waals surface area contributed by atoms with Crippen molar-refractivity contribution in [3.05, 3.63) is 59.9 Å². The van der Waals surface area contributed by atoms with Gasteiger partial charge in [0.25, 0.3) is 0 Å². The number of hydrogen-bond donors (Lipinski definition) is 2. The number of amides is 2. The first kappa shape index (κ1) is 16.8. The van der Waals surface area contributed by atoms with Gasteiger partial charge in [-0.2, -0.15) is 0 Å². The van der Waals surface area contributed by atoms with Gasteiger partial charge in [-0.3, -0.25) is 9.59 Å². The largest absolute Gasteiger partial charge is 0.464 e. The third-order valence-electron chi connectivity index (χ3n) is 3.97. The molecule has 0 aliphatic carbocycles. The molecule has 0 atom stereocenters. The Morgan fingerprint density at radius 2 is 1.68 bits per heavy atom. The van der Waals surface area contributed by atoms with Crippen LogP contribution in [0.4, 0.5) is 11.4 Å². The molecule has 3 aromatic rings. The zero-order chi connectivity index (χ0) is 17.8. The van der Waals surface area contributed by atoms with Crippen molar-refractivity contribution in [2.45, 2.75) is 26.7 Å². The predicted molar refractivity (Wildman–Crippen MR) is 98.7 cm³/mol. The van der Waals surface area contributed by atoms with E-state index in [4.69, 9.17) is 4.42 Å². The molecule has 5 heteroatoms. The van der Waals surface area contributed by atoms with Crippen LogP contribution in [-0.4, -0.2) is 11.8 Å². The fourth-order valence-electron chi connectivity index (χ4n) is 2.70. The topological polar surface area (TPSA) is 71.3 Å². The lowest BCUT2D eigenvalue weighted by Gasteiger charge is -2.06. The number of carbonyl (C=O) groups is 2. The van der Waals surface area contributed by atoms with Gasteiger partial charge in [-0.1, -0.05) is 19.1 Å². The van der Waals surface area contributed by atoms with Gasteiger partial charge in [0.05, 0.1) is 12.7 Å². The molecule has 128 valence electrons. The van der Waals surface area contributed by atoms with Crippen LogP contribution in [0.5, 0.6) is 0 Å². The number of anilines is 2. The Labute approximate surface area is 146 Å². The fourth-order valence-corrected chi connectivity index (χ4v) is 2.70. The molecular weight excluding hydrogens is 316 g/mol. The summed E-state index contributed by atoms with van der Waals surface area (Å²) in [5.74, 6) is -0.246. The minimum absolute atomic E-state index is 0.116. The SMILES string of the molecule is CCc1ccc2c(CC(=O)Nc3ccc(NC(C)=O)cc3)coc2c1. The maximum Gasteiger partial charge on any atom is 0.228 e. The summed E-state index contributed by atoms with van der Waals surface area (Å²) in [7, 11) is 0. The Balaban J connectivity index is 1.67. The van der Waals surface area contributed by atoms with E-state index in [1.54, 1.807) is 30.5 Å². The highest BCUT2D eigenvalue weighted by Gasteiger charge is 2.11. The molecule has 0 bridgehead atoms. The van der Waals surface area contributed by atoms with Crippen molar-refractivity contribution in [2.75, 3.05) is 10.6 Å². The van der Waals surface area contributed by atoms with Crippen LogP contribution in [0.3, 0.4) is 0 Å². The second-order valence-electron chi connectivity index (χ2n) is 5.93. The fraction of sp³-hybridized carbons (Fsp3) is 0.200. The third-order valence-corrected chi connectivity index (χ3v) is 3.97. The van der Waals surface area contributed by atoms with Crippen molar-refractivity contribution in [3.8, 4) is 0 Å². The van der Waals surface area contributed by atoms with Crippen LogP contribution in [0.2, 0.25) is 0 Å². The van der Waals surface area contributed by atoms with Crippen LogP contribution in [0.1, 0.15) is 25.0 Å². The van der Waals surface area contributed by atoms with E-state index in [0.29, 0.717) is 11.4 Å².